The van der Waals surface area contributed by atoms with Crippen LogP contribution in [0, 0.1) is 5.82 Å². The third kappa shape index (κ3) is 6.76. The molecule has 0 unspecified atom stereocenters. The third-order valence-electron chi connectivity index (χ3n) is 3.79. The number of amides is 2. The number of benzene rings is 2. The summed E-state index contributed by atoms with van der Waals surface area (Å²) in [5, 5.41) is 5.29. The molecule has 0 heterocycles. The van der Waals surface area contributed by atoms with Crippen LogP contribution in [0.3, 0.4) is 0 Å². The second kappa shape index (κ2) is 11.6. The number of nitrogens with one attached hydrogen (secondary N) is 2. The zero-order valence-electron chi connectivity index (χ0n) is 16.6. The van der Waals surface area contributed by atoms with Crippen molar-refractivity contribution in [2.24, 2.45) is 0 Å². The van der Waals surface area contributed by atoms with Crippen molar-refractivity contribution in [2.75, 3.05) is 25.3 Å². The van der Waals surface area contributed by atoms with Crippen LogP contribution >= 0.6 is 10.2 Å². The van der Waals surface area contributed by atoms with Gasteiger partial charge in [-0.1, -0.05) is 0 Å². The molecular formula is C20H21FN2O5SSe. The van der Waals surface area contributed by atoms with E-state index in [1.165, 1.54) is 55.6 Å². The van der Waals surface area contributed by atoms with Crippen molar-refractivity contribution in [3.63, 3.8) is 0 Å². The Labute approximate surface area is 183 Å². The van der Waals surface area contributed by atoms with Crippen LogP contribution in [0.25, 0.3) is 0 Å². The Bertz CT molecular complexity index is 911. The van der Waals surface area contributed by atoms with Crippen LogP contribution in [-0.2, 0) is 14.3 Å². The molecule has 1 atom stereocenters. The van der Waals surface area contributed by atoms with E-state index in [4.69, 9.17) is 9.47 Å². The summed E-state index contributed by atoms with van der Waals surface area (Å²) < 4.78 is 23.9. The van der Waals surface area contributed by atoms with Crippen molar-refractivity contribution in [3.05, 3.63) is 53.8 Å². The van der Waals surface area contributed by atoms with E-state index in [2.05, 4.69) is 10.6 Å². The minimum absolute atomic E-state index is 0.281. The molecule has 0 aromatic heterocycles. The van der Waals surface area contributed by atoms with Gasteiger partial charge in [0.2, 0.25) is 0 Å². The molecule has 2 aromatic carbocycles. The molecule has 0 aliphatic heterocycles. The summed E-state index contributed by atoms with van der Waals surface area (Å²) in [7, 11) is 4.17. The van der Waals surface area contributed by atoms with Gasteiger partial charge in [0.25, 0.3) is 0 Å². The van der Waals surface area contributed by atoms with E-state index in [-0.39, 0.29) is 31.4 Å². The summed E-state index contributed by atoms with van der Waals surface area (Å²) in [6, 6.07) is 9.81. The molecule has 7 nitrogen and oxygen atoms in total. The molecule has 160 valence electrons. The van der Waals surface area contributed by atoms with Crippen molar-refractivity contribution in [3.8, 4) is 5.75 Å². The average molecular weight is 499 g/mol. The Hall–Kier alpha value is -2.55. The van der Waals surface area contributed by atoms with Crippen LogP contribution < -0.4 is 19.8 Å². The van der Waals surface area contributed by atoms with Gasteiger partial charge < -0.3 is 0 Å². The molecule has 2 rings (SSSR count). The van der Waals surface area contributed by atoms with Gasteiger partial charge in [-0.15, -0.1) is 0 Å². The second-order valence-electron chi connectivity index (χ2n) is 5.94. The number of carbonyl (C=O) groups excluding carboxylic acids is 3. The quantitative estimate of drug-likeness (QED) is 0.404. The monoisotopic (exact) mass is 500 g/mol. The van der Waals surface area contributed by atoms with Gasteiger partial charge in [0.1, 0.15) is 0 Å². The van der Waals surface area contributed by atoms with Gasteiger partial charge in [-0.05, 0) is 0 Å². The maximum absolute atomic E-state index is 13.1. The molecule has 0 aliphatic rings. The number of ether oxygens (including phenoxy) is 2. The summed E-state index contributed by atoms with van der Waals surface area (Å²) in [5.74, 6) is -0.802. The predicted molar refractivity (Wildman–Crippen MR) is 115 cm³/mol. The molecule has 10 heteroatoms. The number of rotatable bonds is 9. The molecule has 0 radical (unpaired) electrons. The summed E-state index contributed by atoms with van der Waals surface area (Å²) >= 11 is -0.313. The number of carbonyl (C=O) groups is 3. The van der Waals surface area contributed by atoms with Crippen LogP contribution in [0.1, 0.15) is 17.3 Å². The van der Waals surface area contributed by atoms with Crippen molar-refractivity contribution < 1.29 is 28.2 Å². The van der Waals surface area contributed by atoms with Crippen molar-refractivity contribution in [1.82, 2.24) is 5.32 Å². The van der Waals surface area contributed by atoms with Crippen LogP contribution in [0.4, 0.5) is 10.1 Å². The van der Waals surface area contributed by atoms with E-state index < -0.39 is 17.8 Å². The zero-order valence-corrected chi connectivity index (χ0v) is 19.1. The number of methoxy groups -OCH3 is 2. The van der Waals surface area contributed by atoms with Crippen molar-refractivity contribution in [1.29, 1.82) is 0 Å². The Morgan fingerprint density at radius 2 is 1.83 bits per heavy atom. The van der Waals surface area contributed by atoms with Gasteiger partial charge in [0.15, 0.2) is 0 Å². The normalized spacial score (nSPS) is 11.3. The molecule has 0 bridgehead atoms. The van der Waals surface area contributed by atoms with E-state index in [0.717, 1.165) is 0 Å². The van der Waals surface area contributed by atoms with Gasteiger partial charge in [-0.3, -0.25) is 0 Å². The molecule has 0 fully saturated rings. The standard InChI is InChI=1S/C20H21FN2O5SSe/c1-12(24)22-16(20(26)28-3)11-29-30-18-15(5-4-6-17(18)27-2)19(25)23-14-9-7-13(21)8-10-14/h4-10,16H,11H2,1-3H3,(H,22,24)(H,23,25)/t16-/m0/s1. The molecule has 0 aliphatic carbocycles. The Kier molecular flexibility index (Phi) is 9.16. The summed E-state index contributed by atoms with van der Waals surface area (Å²) in [6.45, 7) is 1.32. The fraction of sp³-hybridized carbons (Fsp3) is 0.250. The molecule has 0 spiro atoms. The molecule has 0 saturated heterocycles. The summed E-state index contributed by atoms with van der Waals surface area (Å²) in [4.78, 5) is 36.0. The van der Waals surface area contributed by atoms with Crippen molar-refractivity contribution >= 4 is 51.9 Å². The molecule has 2 N–H and O–H groups in total. The fourth-order valence-electron chi connectivity index (χ4n) is 2.39. The number of halogens is 1. The first-order chi connectivity index (χ1) is 14.3. The van der Waals surface area contributed by atoms with Crippen LogP contribution in [0.5, 0.6) is 5.75 Å². The van der Waals surface area contributed by atoms with Gasteiger partial charge in [-0.2, -0.15) is 0 Å². The number of anilines is 1. The Balaban J connectivity index is 2.16. The third-order valence-corrected chi connectivity index (χ3v) is 8.07. The fourth-order valence-corrected chi connectivity index (χ4v) is 6.87. The molecular weight excluding hydrogens is 478 g/mol. The van der Waals surface area contributed by atoms with Gasteiger partial charge in [0, 0.05) is 0 Å². The van der Waals surface area contributed by atoms with E-state index in [1.54, 1.807) is 18.2 Å². The van der Waals surface area contributed by atoms with Crippen LogP contribution in [0.2, 0.25) is 0 Å². The summed E-state index contributed by atoms with van der Waals surface area (Å²) in [5.41, 5.74) is 0.882. The first-order valence-electron chi connectivity index (χ1n) is 8.74. The molecule has 0 saturated carbocycles. The predicted octanol–water partition coefficient (Wildman–Crippen LogP) is 1.74. The first-order valence-corrected chi connectivity index (χ1v) is 12.6. The topological polar surface area (TPSA) is 93.7 Å². The number of hydrogen-bond acceptors (Lipinski definition) is 6. The van der Waals surface area contributed by atoms with Gasteiger partial charge in [-0.25, -0.2) is 0 Å². The van der Waals surface area contributed by atoms with Crippen LogP contribution in [0.15, 0.2) is 42.5 Å². The van der Waals surface area contributed by atoms with Crippen LogP contribution in [-0.4, -0.2) is 57.6 Å². The second-order valence-corrected chi connectivity index (χ2v) is 10.1. The minimum atomic E-state index is -0.787. The average Bonchev–Trinajstić information content (AvgIpc) is 2.73. The van der Waals surface area contributed by atoms with Crippen molar-refractivity contribution in [2.45, 2.75) is 13.0 Å². The van der Waals surface area contributed by atoms with Gasteiger partial charge >= 0.3 is 183 Å². The van der Waals surface area contributed by atoms with Gasteiger partial charge in [0.05, 0.1) is 0 Å². The molecule has 30 heavy (non-hydrogen) atoms. The maximum atomic E-state index is 13.1. The number of hydrogen-bond donors (Lipinski definition) is 2. The van der Waals surface area contributed by atoms with E-state index in [1.807, 2.05) is 0 Å². The number of esters is 1. The summed E-state index contributed by atoms with van der Waals surface area (Å²) in [6.07, 6.45) is 0. The molecule has 2 aromatic rings. The van der Waals surface area contributed by atoms with E-state index in [0.29, 0.717) is 21.5 Å². The van der Waals surface area contributed by atoms with E-state index in [9.17, 15) is 18.8 Å². The Morgan fingerprint density at radius 1 is 1.13 bits per heavy atom. The SMILES string of the molecule is COC(=O)[C@H](CS[Se]c1c(OC)cccc1C(=O)Nc1ccc(F)cc1)NC(C)=O. The molecule has 2 amide bonds. The zero-order chi connectivity index (χ0) is 22.1. The Morgan fingerprint density at radius 3 is 2.43 bits per heavy atom. The van der Waals surface area contributed by atoms with E-state index >= 15 is 0 Å². The first kappa shape index (κ1) is 23.7.